The minimum absolute atomic E-state index is 0.366. The number of carbonyl (C=O) groups excluding carboxylic acids is 1. The molecule has 6 heteroatoms. The highest BCUT2D eigenvalue weighted by Gasteiger charge is 2.28. The van der Waals surface area contributed by atoms with Crippen molar-refractivity contribution in [2.75, 3.05) is 6.61 Å². The van der Waals surface area contributed by atoms with E-state index in [9.17, 15) is 25.2 Å². The molecule has 6 nitrogen and oxygen atoms in total. The van der Waals surface area contributed by atoms with E-state index in [4.69, 9.17) is 0 Å². The molecule has 1 amide bonds. The summed E-state index contributed by atoms with van der Waals surface area (Å²) in [6.45, 7) is 4.00. The summed E-state index contributed by atoms with van der Waals surface area (Å²) in [5.41, 5.74) is 0. The minimum Gasteiger partial charge on any atom is -0.394 e. The number of nitrogens with one attached hydrogen (secondary N) is 1. The normalized spacial score (nSPS) is 14.8. The first kappa shape index (κ1) is 40.1. The molecule has 4 unspecified atom stereocenters. The van der Waals surface area contributed by atoms with E-state index in [-0.39, 0.29) is 0 Å². The lowest BCUT2D eigenvalue weighted by Gasteiger charge is -2.27. The molecule has 0 spiro atoms. The summed E-state index contributed by atoms with van der Waals surface area (Å²) in [6, 6.07) is -0.994. The van der Waals surface area contributed by atoms with Crippen molar-refractivity contribution in [2.45, 2.75) is 199 Å². The average molecular weight is 584 g/mol. The Kier molecular flexibility index (Phi) is 29.8. The monoisotopic (exact) mass is 584 g/mol. The predicted octanol–water partition coefficient (Wildman–Crippen LogP) is 7.89. The van der Waals surface area contributed by atoms with Crippen molar-refractivity contribution in [1.29, 1.82) is 0 Å². The second-order valence-corrected chi connectivity index (χ2v) is 12.2. The van der Waals surface area contributed by atoms with E-state index < -0.39 is 36.9 Å². The van der Waals surface area contributed by atoms with Crippen molar-refractivity contribution in [3.8, 4) is 0 Å². The first-order valence-electron chi connectivity index (χ1n) is 17.6. The standard InChI is InChI=1S/C35H69NO5/c1-3-5-7-9-11-13-15-16-17-19-20-22-24-26-28-32(38)34(40)31(30-37)36-35(41)33(39)29-27-25-23-21-18-14-12-10-8-6-4-2/h20,22,31-34,37-40H,3-19,21,23-30H2,1-2H3,(H,36,41)/b22-20+. The third-order valence-electron chi connectivity index (χ3n) is 8.23. The van der Waals surface area contributed by atoms with Crippen molar-refractivity contribution < 1.29 is 25.2 Å². The average Bonchev–Trinajstić information content (AvgIpc) is 2.98. The van der Waals surface area contributed by atoms with Gasteiger partial charge in [0.2, 0.25) is 5.91 Å². The van der Waals surface area contributed by atoms with Gasteiger partial charge in [0.15, 0.2) is 0 Å². The molecule has 244 valence electrons. The molecular weight excluding hydrogens is 514 g/mol. The van der Waals surface area contributed by atoms with Crippen LogP contribution in [-0.4, -0.2) is 57.3 Å². The zero-order valence-electron chi connectivity index (χ0n) is 27.0. The summed E-state index contributed by atoms with van der Waals surface area (Å²) in [5.74, 6) is -0.596. The molecule has 0 aliphatic heterocycles. The van der Waals surface area contributed by atoms with E-state index in [0.717, 1.165) is 38.5 Å². The maximum atomic E-state index is 12.4. The van der Waals surface area contributed by atoms with E-state index in [0.29, 0.717) is 12.8 Å². The smallest absolute Gasteiger partial charge is 0.249 e. The molecule has 0 fully saturated rings. The van der Waals surface area contributed by atoms with Crippen LogP contribution in [0.5, 0.6) is 0 Å². The topological polar surface area (TPSA) is 110 Å². The van der Waals surface area contributed by atoms with Gasteiger partial charge in [-0.15, -0.1) is 0 Å². The molecule has 0 saturated heterocycles. The Hall–Kier alpha value is -0.950. The number of amides is 1. The summed E-state index contributed by atoms with van der Waals surface area (Å²) in [7, 11) is 0. The molecule has 0 rings (SSSR count). The predicted molar refractivity (Wildman–Crippen MR) is 173 cm³/mol. The summed E-state index contributed by atoms with van der Waals surface area (Å²) in [6.07, 6.45) is 29.5. The molecule has 4 atom stereocenters. The van der Waals surface area contributed by atoms with Gasteiger partial charge in [0, 0.05) is 0 Å². The van der Waals surface area contributed by atoms with Gasteiger partial charge in [-0.05, 0) is 38.5 Å². The molecule has 0 aromatic carbocycles. The zero-order valence-corrected chi connectivity index (χ0v) is 27.0. The van der Waals surface area contributed by atoms with Crippen LogP contribution in [0, 0.1) is 0 Å². The van der Waals surface area contributed by atoms with Gasteiger partial charge in [-0.2, -0.15) is 0 Å². The Morgan fingerprint density at radius 3 is 1.46 bits per heavy atom. The number of hydrogen-bond acceptors (Lipinski definition) is 5. The number of unbranched alkanes of at least 4 members (excludes halogenated alkanes) is 20. The highest BCUT2D eigenvalue weighted by atomic mass is 16.3. The molecule has 0 aliphatic carbocycles. The first-order valence-corrected chi connectivity index (χ1v) is 17.6. The fourth-order valence-corrected chi connectivity index (χ4v) is 5.34. The number of aliphatic hydroxyl groups is 4. The molecule has 0 heterocycles. The Bertz CT molecular complexity index is 585. The third kappa shape index (κ3) is 25.3. The Balaban J connectivity index is 3.89. The largest absolute Gasteiger partial charge is 0.394 e. The van der Waals surface area contributed by atoms with Crippen LogP contribution in [-0.2, 0) is 4.79 Å². The van der Waals surface area contributed by atoms with Gasteiger partial charge in [-0.25, -0.2) is 0 Å². The van der Waals surface area contributed by atoms with Crippen molar-refractivity contribution in [3.05, 3.63) is 12.2 Å². The van der Waals surface area contributed by atoms with Crippen molar-refractivity contribution in [2.24, 2.45) is 0 Å². The lowest BCUT2D eigenvalue weighted by Crippen LogP contribution is -2.53. The molecule has 0 radical (unpaired) electrons. The molecule has 0 aromatic rings. The summed E-state index contributed by atoms with van der Waals surface area (Å²) in [4.78, 5) is 12.4. The van der Waals surface area contributed by atoms with E-state index in [1.807, 2.05) is 0 Å². The number of allylic oxidation sites excluding steroid dienone is 2. The number of rotatable bonds is 31. The fourth-order valence-electron chi connectivity index (χ4n) is 5.34. The highest BCUT2D eigenvalue weighted by molar-refractivity contribution is 5.80. The van der Waals surface area contributed by atoms with E-state index >= 15 is 0 Å². The van der Waals surface area contributed by atoms with Gasteiger partial charge >= 0.3 is 0 Å². The van der Waals surface area contributed by atoms with Crippen LogP contribution in [0.1, 0.15) is 174 Å². The second kappa shape index (κ2) is 30.5. The Labute approximate surface area is 253 Å². The summed E-state index contributed by atoms with van der Waals surface area (Å²) in [5, 5.41) is 43.3. The van der Waals surface area contributed by atoms with Gasteiger partial charge in [-0.1, -0.05) is 148 Å². The maximum absolute atomic E-state index is 12.4. The van der Waals surface area contributed by atoms with Gasteiger partial charge in [0.1, 0.15) is 12.2 Å². The summed E-state index contributed by atoms with van der Waals surface area (Å²) < 4.78 is 0. The highest BCUT2D eigenvalue weighted by Crippen LogP contribution is 2.14. The maximum Gasteiger partial charge on any atom is 0.249 e. The van der Waals surface area contributed by atoms with E-state index in [1.54, 1.807) is 0 Å². The van der Waals surface area contributed by atoms with E-state index in [1.165, 1.54) is 109 Å². The van der Waals surface area contributed by atoms with Crippen LogP contribution in [0.2, 0.25) is 0 Å². The van der Waals surface area contributed by atoms with Crippen LogP contribution in [0.3, 0.4) is 0 Å². The molecule has 0 aliphatic rings. The van der Waals surface area contributed by atoms with Crippen molar-refractivity contribution >= 4 is 5.91 Å². The van der Waals surface area contributed by atoms with Gasteiger partial charge < -0.3 is 25.7 Å². The Morgan fingerprint density at radius 2 is 1.00 bits per heavy atom. The number of carbonyl (C=O) groups is 1. The summed E-state index contributed by atoms with van der Waals surface area (Å²) >= 11 is 0. The molecule has 0 aromatic heterocycles. The SMILES string of the molecule is CCCCCCCCCCC/C=C/CCCC(O)C(O)C(CO)NC(=O)C(O)CCCCCCCCCCCCC. The molecule has 5 N–H and O–H groups in total. The fraction of sp³-hybridized carbons (Fsp3) is 0.914. The minimum atomic E-state index is -1.27. The zero-order chi connectivity index (χ0) is 30.4. The van der Waals surface area contributed by atoms with Crippen LogP contribution < -0.4 is 5.32 Å². The molecule has 0 bridgehead atoms. The van der Waals surface area contributed by atoms with Crippen LogP contribution >= 0.6 is 0 Å². The second-order valence-electron chi connectivity index (χ2n) is 12.2. The lowest BCUT2D eigenvalue weighted by atomic mass is 10.00. The third-order valence-corrected chi connectivity index (χ3v) is 8.23. The van der Waals surface area contributed by atoms with Crippen LogP contribution in [0.15, 0.2) is 12.2 Å². The van der Waals surface area contributed by atoms with E-state index in [2.05, 4.69) is 31.3 Å². The van der Waals surface area contributed by atoms with Gasteiger partial charge in [-0.3, -0.25) is 4.79 Å². The quantitative estimate of drug-likeness (QED) is 0.0421. The number of hydrogen-bond donors (Lipinski definition) is 5. The van der Waals surface area contributed by atoms with Crippen molar-refractivity contribution in [1.82, 2.24) is 5.32 Å². The Morgan fingerprint density at radius 1 is 0.585 bits per heavy atom. The van der Waals surface area contributed by atoms with Gasteiger partial charge in [0.25, 0.3) is 0 Å². The van der Waals surface area contributed by atoms with Crippen LogP contribution in [0.4, 0.5) is 0 Å². The van der Waals surface area contributed by atoms with Crippen molar-refractivity contribution in [3.63, 3.8) is 0 Å². The number of aliphatic hydroxyl groups excluding tert-OH is 4. The first-order chi connectivity index (χ1) is 20.0. The van der Waals surface area contributed by atoms with Gasteiger partial charge in [0.05, 0.1) is 18.8 Å². The molecular formula is C35H69NO5. The molecule has 41 heavy (non-hydrogen) atoms. The van der Waals surface area contributed by atoms with Crippen LogP contribution in [0.25, 0.3) is 0 Å². The lowest BCUT2D eigenvalue weighted by molar-refractivity contribution is -0.132. The molecule has 0 saturated carbocycles.